The molecule has 0 bridgehead atoms. The zero-order valence-corrected chi connectivity index (χ0v) is 20.1. The molecule has 0 radical (unpaired) electrons. The number of hydrogen-bond acceptors (Lipinski definition) is 6. The van der Waals surface area contributed by atoms with Crippen LogP contribution in [0.5, 0.6) is 5.75 Å². The number of anilines is 2. The van der Waals surface area contributed by atoms with E-state index in [-0.39, 0.29) is 39.4 Å². The van der Waals surface area contributed by atoms with Gasteiger partial charge in [0.1, 0.15) is 15.6 Å². The van der Waals surface area contributed by atoms with E-state index < -0.39 is 17.8 Å². The van der Waals surface area contributed by atoms with Gasteiger partial charge in [-0.15, -0.1) is 11.3 Å². The molecule has 0 spiro atoms. The van der Waals surface area contributed by atoms with Gasteiger partial charge in [-0.05, 0) is 49.7 Å². The summed E-state index contributed by atoms with van der Waals surface area (Å²) in [5, 5.41) is 6.33. The van der Waals surface area contributed by atoms with E-state index in [0.717, 1.165) is 11.3 Å². The number of thiophene rings is 1. The van der Waals surface area contributed by atoms with E-state index in [9.17, 15) is 14.4 Å². The standard InChI is InChI=1S/C23H20Cl2N2O5S/c1-3-31-23(30)20-13(2)19(21(29)26-15-7-5-4-6-8-15)22(33-20)27-18(28)12-32-17-10-9-14(24)11-16(17)25/h4-11H,3,12H2,1-2H3,(H,26,29)(H,27,28). The number of carbonyl (C=O) groups excluding carboxylic acids is 3. The lowest BCUT2D eigenvalue weighted by Gasteiger charge is -2.10. The van der Waals surface area contributed by atoms with E-state index in [1.54, 1.807) is 50.2 Å². The molecule has 7 nitrogen and oxygen atoms in total. The van der Waals surface area contributed by atoms with Crippen molar-refractivity contribution in [2.75, 3.05) is 23.8 Å². The summed E-state index contributed by atoms with van der Waals surface area (Å²) in [5.41, 5.74) is 1.15. The van der Waals surface area contributed by atoms with E-state index in [4.69, 9.17) is 32.7 Å². The minimum atomic E-state index is -0.571. The highest BCUT2D eigenvalue weighted by molar-refractivity contribution is 7.18. The number of nitrogens with one attached hydrogen (secondary N) is 2. The lowest BCUT2D eigenvalue weighted by Crippen LogP contribution is -2.22. The molecular formula is C23H20Cl2N2O5S. The Morgan fingerprint density at radius 2 is 1.76 bits per heavy atom. The summed E-state index contributed by atoms with van der Waals surface area (Å²) >= 11 is 12.9. The fourth-order valence-corrected chi connectivity index (χ4v) is 4.46. The second-order valence-corrected chi connectivity index (χ2v) is 8.58. The molecule has 0 aliphatic heterocycles. The van der Waals surface area contributed by atoms with Gasteiger partial charge in [0.25, 0.3) is 11.8 Å². The van der Waals surface area contributed by atoms with Crippen LogP contribution in [-0.4, -0.2) is 31.0 Å². The van der Waals surface area contributed by atoms with Crippen LogP contribution in [0.1, 0.15) is 32.5 Å². The maximum atomic E-state index is 13.0. The molecular weight excluding hydrogens is 487 g/mol. The van der Waals surface area contributed by atoms with Crippen LogP contribution in [0.2, 0.25) is 10.0 Å². The van der Waals surface area contributed by atoms with Gasteiger partial charge in [0, 0.05) is 10.7 Å². The Kier molecular flexibility index (Phi) is 8.32. The van der Waals surface area contributed by atoms with E-state index in [0.29, 0.717) is 16.3 Å². The Labute approximate surface area is 204 Å². The molecule has 10 heteroatoms. The average molecular weight is 507 g/mol. The Hall–Kier alpha value is -3.07. The first-order valence-electron chi connectivity index (χ1n) is 9.84. The van der Waals surface area contributed by atoms with E-state index in [1.807, 2.05) is 6.07 Å². The second kappa shape index (κ2) is 11.2. The molecule has 0 fully saturated rings. The van der Waals surface area contributed by atoms with Crippen molar-refractivity contribution in [1.29, 1.82) is 0 Å². The van der Waals surface area contributed by atoms with E-state index in [1.165, 1.54) is 6.07 Å². The third-order valence-corrected chi connectivity index (χ3v) is 6.09. The molecule has 0 aliphatic rings. The summed E-state index contributed by atoms with van der Waals surface area (Å²) in [7, 11) is 0. The molecule has 0 saturated heterocycles. The van der Waals surface area contributed by atoms with Crippen molar-refractivity contribution in [1.82, 2.24) is 0 Å². The van der Waals surface area contributed by atoms with Crippen molar-refractivity contribution < 1.29 is 23.9 Å². The lowest BCUT2D eigenvalue weighted by molar-refractivity contribution is -0.118. The maximum absolute atomic E-state index is 13.0. The van der Waals surface area contributed by atoms with Crippen LogP contribution >= 0.6 is 34.5 Å². The molecule has 0 aliphatic carbocycles. The van der Waals surface area contributed by atoms with Gasteiger partial charge < -0.3 is 20.1 Å². The molecule has 3 rings (SSSR count). The largest absolute Gasteiger partial charge is 0.482 e. The number of benzene rings is 2. The highest BCUT2D eigenvalue weighted by Gasteiger charge is 2.26. The molecule has 172 valence electrons. The van der Waals surface area contributed by atoms with Crippen LogP contribution in [0.15, 0.2) is 48.5 Å². The van der Waals surface area contributed by atoms with Gasteiger partial charge >= 0.3 is 5.97 Å². The van der Waals surface area contributed by atoms with Crippen LogP contribution in [0.4, 0.5) is 10.7 Å². The predicted octanol–water partition coefficient (Wildman–Crippen LogP) is 5.81. The van der Waals surface area contributed by atoms with Crippen molar-refractivity contribution in [3.8, 4) is 5.75 Å². The molecule has 3 aromatic rings. The molecule has 1 aromatic heterocycles. The molecule has 2 N–H and O–H groups in total. The second-order valence-electron chi connectivity index (χ2n) is 6.71. The van der Waals surface area contributed by atoms with Gasteiger partial charge in [0.05, 0.1) is 17.2 Å². The van der Waals surface area contributed by atoms with Gasteiger partial charge in [-0.1, -0.05) is 41.4 Å². The summed E-state index contributed by atoms with van der Waals surface area (Å²) in [6.07, 6.45) is 0. The number of carbonyl (C=O) groups is 3. The van der Waals surface area contributed by atoms with Crippen LogP contribution in [0.3, 0.4) is 0 Å². The van der Waals surface area contributed by atoms with Gasteiger partial charge in [0.2, 0.25) is 0 Å². The first-order valence-corrected chi connectivity index (χ1v) is 11.4. The van der Waals surface area contributed by atoms with Gasteiger partial charge in [0.15, 0.2) is 6.61 Å². The summed E-state index contributed by atoms with van der Waals surface area (Å²) in [6, 6.07) is 13.5. The Morgan fingerprint density at radius 1 is 1.03 bits per heavy atom. The van der Waals surface area contributed by atoms with Crippen molar-refractivity contribution in [3.05, 3.63) is 74.6 Å². The summed E-state index contributed by atoms with van der Waals surface area (Å²) in [4.78, 5) is 38.2. The van der Waals surface area contributed by atoms with Crippen LogP contribution in [-0.2, 0) is 9.53 Å². The zero-order chi connectivity index (χ0) is 24.0. The number of esters is 1. The topological polar surface area (TPSA) is 93.7 Å². The Balaban J connectivity index is 1.82. The fraction of sp³-hybridized carbons (Fsp3) is 0.174. The molecule has 0 saturated carbocycles. The van der Waals surface area contributed by atoms with Crippen molar-refractivity contribution in [2.45, 2.75) is 13.8 Å². The van der Waals surface area contributed by atoms with Gasteiger partial charge in [-0.2, -0.15) is 0 Å². The summed E-state index contributed by atoms with van der Waals surface area (Å²) < 4.78 is 10.5. The highest BCUT2D eigenvalue weighted by atomic mass is 35.5. The number of hydrogen-bond donors (Lipinski definition) is 2. The first kappa shape index (κ1) is 24.6. The molecule has 2 aromatic carbocycles. The van der Waals surface area contributed by atoms with Crippen molar-refractivity contribution >= 4 is 63.0 Å². The quantitative estimate of drug-likeness (QED) is 0.376. The summed E-state index contributed by atoms with van der Waals surface area (Å²) in [5.74, 6) is -1.29. The zero-order valence-electron chi connectivity index (χ0n) is 17.7. The maximum Gasteiger partial charge on any atom is 0.348 e. The first-order chi connectivity index (χ1) is 15.8. The van der Waals surface area contributed by atoms with Gasteiger partial charge in [-0.25, -0.2) is 4.79 Å². The molecule has 2 amide bonds. The minimum absolute atomic E-state index is 0.171. The van der Waals surface area contributed by atoms with E-state index in [2.05, 4.69) is 10.6 Å². The molecule has 0 unspecified atom stereocenters. The SMILES string of the molecule is CCOC(=O)c1sc(NC(=O)COc2ccc(Cl)cc2Cl)c(C(=O)Nc2ccccc2)c1C. The number of ether oxygens (including phenoxy) is 2. The third kappa shape index (κ3) is 6.25. The molecule has 33 heavy (non-hydrogen) atoms. The smallest absolute Gasteiger partial charge is 0.348 e. The fourth-order valence-electron chi connectivity index (χ4n) is 2.88. The van der Waals surface area contributed by atoms with Crippen LogP contribution < -0.4 is 15.4 Å². The normalized spacial score (nSPS) is 10.4. The molecule has 0 atom stereocenters. The lowest BCUT2D eigenvalue weighted by atomic mass is 10.1. The summed E-state index contributed by atoms with van der Waals surface area (Å²) in [6.45, 7) is 3.12. The molecule has 1 heterocycles. The highest BCUT2D eigenvalue weighted by Crippen LogP contribution is 2.34. The Bertz CT molecular complexity index is 1180. The van der Waals surface area contributed by atoms with Crippen LogP contribution in [0.25, 0.3) is 0 Å². The van der Waals surface area contributed by atoms with E-state index >= 15 is 0 Å². The van der Waals surface area contributed by atoms with Crippen molar-refractivity contribution in [2.24, 2.45) is 0 Å². The predicted molar refractivity (Wildman–Crippen MR) is 130 cm³/mol. The van der Waals surface area contributed by atoms with Gasteiger partial charge in [-0.3, -0.25) is 9.59 Å². The number of rotatable bonds is 8. The number of halogens is 2. The monoisotopic (exact) mass is 506 g/mol. The minimum Gasteiger partial charge on any atom is -0.482 e. The Morgan fingerprint density at radius 3 is 2.42 bits per heavy atom. The number of para-hydroxylation sites is 1. The average Bonchev–Trinajstić information content (AvgIpc) is 3.09. The van der Waals surface area contributed by atoms with Crippen molar-refractivity contribution in [3.63, 3.8) is 0 Å². The number of amides is 2. The third-order valence-electron chi connectivity index (χ3n) is 4.37. The van der Waals surface area contributed by atoms with Crippen LogP contribution in [0, 0.1) is 6.92 Å².